The lowest BCUT2D eigenvalue weighted by Crippen LogP contribution is -2.51. The molecule has 0 aromatic heterocycles. The minimum absolute atomic E-state index is 0.00471. The Morgan fingerprint density at radius 2 is 2.10 bits per heavy atom. The summed E-state index contributed by atoms with van der Waals surface area (Å²) in [5, 5.41) is 3.26. The van der Waals surface area contributed by atoms with Crippen molar-refractivity contribution in [2.24, 2.45) is 0 Å². The maximum atomic E-state index is 12.6. The van der Waals surface area contributed by atoms with Crippen LogP contribution in [0.2, 0.25) is 0 Å². The molecule has 1 saturated heterocycles. The summed E-state index contributed by atoms with van der Waals surface area (Å²) in [5.74, 6) is -0.208. The first-order valence-electron chi connectivity index (χ1n) is 6.80. The van der Waals surface area contributed by atoms with Crippen molar-refractivity contribution in [1.82, 2.24) is 10.2 Å². The van der Waals surface area contributed by atoms with E-state index >= 15 is 0 Å². The summed E-state index contributed by atoms with van der Waals surface area (Å²) < 4.78 is 24.2. The van der Waals surface area contributed by atoms with Gasteiger partial charge in [0.1, 0.15) is 0 Å². The standard InChI is InChI=1S/C14H20N2O3S/c1-3-20(18,19)13-7-5-4-6-12(13)14(17)16-9-8-15-11(2)10-16/h4-7,11,15H,3,8-10H2,1-2H3. The van der Waals surface area contributed by atoms with Crippen molar-refractivity contribution in [3.8, 4) is 0 Å². The van der Waals surface area contributed by atoms with Gasteiger partial charge in [0.25, 0.3) is 5.91 Å². The number of nitrogens with one attached hydrogen (secondary N) is 1. The zero-order valence-corrected chi connectivity index (χ0v) is 12.6. The molecule has 1 unspecified atom stereocenters. The van der Waals surface area contributed by atoms with Crippen molar-refractivity contribution in [3.05, 3.63) is 29.8 Å². The first-order valence-corrected chi connectivity index (χ1v) is 8.45. The number of amides is 1. The zero-order chi connectivity index (χ0) is 14.8. The maximum absolute atomic E-state index is 12.6. The van der Waals surface area contributed by atoms with Crippen LogP contribution in [0.25, 0.3) is 0 Å². The van der Waals surface area contributed by atoms with Gasteiger partial charge in [-0.2, -0.15) is 0 Å². The fourth-order valence-corrected chi connectivity index (χ4v) is 3.44. The average molecular weight is 296 g/mol. The predicted molar refractivity (Wildman–Crippen MR) is 77.5 cm³/mol. The van der Waals surface area contributed by atoms with Crippen LogP contribution in [0.15, 0.2) is 29.2 Å². The van der Waals surface area contributed by atoms with Crippen LogP contribution in [0, 0.1) is 0 Å². The number of carbonyl (C=O) groups excluding carboxylic acids is 1. The Balaban J connectivity index is 2.35. The van der Waals surface area contributed by atoms with Crippen molar-refractivity contribution in [2.75, 3.05) is 25.4 Å². The van der Waals surface area contributed by atoms with Gasteiger partial charge in [-0.15, -0.1) is 0 Å². The third kappa shape index (κ3) is 3.02. The molecule has 0 spiro atoms. The van der Waals surface area contributed by atoms with Gasteiger partial charge < -0.3 is 10.2 Å². The monoisotopic (exact) mass is 296 g/mol. The molecule has 5 nitrogen and oxygen atoms in total. The highest BCUT2D eigenvalue weighted by Crippen LogP contribution is 2.19. The van der Waals surface area contributed by atoms with Gasteiger partial charge in [-0.3, -0.25) is 4.79 Å². The van der Waals surface area contributed by atoms with Crippen molar-refractivity contribution in [2.45, 2.75) is 24.8 Å². The molecule has 1 fully saturated rings. The molecule has 110 valence electrons. The topological polar surface area (TPSA) is 66.5 Å². The van der Waals surface area contributed by atoms with E-state index in [1.807, 2.05) is 6.92 Å². The molecule has 1 heterocycles. The summed E-state index contributed by atoms with van der Waals surface area (Å²) in [6, 6.07) is 6.69. The summed E-state index contributed by atoms with van der Waals surface area (Å²) in [5.41, 5.74) is 0.281. The van der Waals surface area contributed by atoms with E-state index in [4.69, 9.17) is 0 Å². The fourth-order valence-electron chi connectivity index (χ4n) is 2.36. The molecular weight excluding hydrogens is 276 g/mol. The second-order valence-corrected chi connectivity index (χ2v) is 7.25. The van der Waals surface area contributed by atoms with Gasteiger partial charge in [0.05, 0.1) is 16.2 Å². The van der Waals surface area contributed by atoms with E-state index in [2.05, 4.69) is 5.32 Å². The van der Waals surface area contributed by atoms with E-state index in [-0.39, 0.29) is 28.2 Å². The maximum Gasteiger partial charge on any atom is 0.255 e. The minimum Gasteiger partial charge on any atom is -0.336 e. The molecule has 0 aliphatic carbocycles. The molecule has 1 aromatic carbocycles. The molecule has 1 aliphatic heterocycles. The third-order valence-corrected chi connectivity index (χ3v) is 5.27. The zero-order valence-electron chi connectivity index (χ0n) is 11.8. The van der Waals surface area contributed by atoms with Gasteiger partial charge in [-0.25, -0.2) is 8.42 Å². The number of nitrogens with zero attached hydrogens (tertiary/aromatic N) is 1. The van der Waals surface area contributed by atoms with E-state index in [1.54, 1.807) is 30.0 Å². The number of hydrogen-bond donors (Lipinski definition) is 1. The van der Waals surface area contributed by atoms with E-state index in [0.717, 1.165) is 6.54 Å². The molecule has 20 heavy (non-hydrogen) atoms. The van der Waals surface area contributed by atoms with Crippen LogP contribution in [0.5, 0.6) is 0 Å². The van der Waals surface area contributed by atoms with Crippen LogP contribution in [-0.4, -0.2) is 50.7 Å². The fraction of sp³-hybridized carbons (Fsp3) is 0.500. The van der Waals surface area contributed by atoms with Crippen LogP contribution in [0.4, 0.5) is 0 Å². The Hall–Kier alpha value is -1.40. The second kappa shape index (κ2) is 5.93. The first kappa shape index (κ1) is 15.0. The Morgan fingerprint density at radius 3 is 2.75 bits per heavy atom. The van der Waals surface area contributed by atoms with Crippen molar-refractivity contribution in [3.63, 3.8) is 0 Å². The van der Waals surface area contributed by atoms with Gasteiger partial charge in [0.2, 0.25) is 0 Å². The Bertz CT molecular complexity index is 598. The summed E-state index contributed by atoms with van der Waals surface area (Å²) in [6.45, 7) is 5.52. The normalized spacial score (nSPS) is 19.9. The lowest BCUT2D eigenvalue weighted by Gasteiger charge is -2.32. The third-order valence-electron chi connectivity index (χ3n) is 3.49. The van der Waals surface area contributed by atoms with E-state index < -0.39 is 9.84 Å². The lowest BCUT2D eigenvalue weighted by atomic mass is 10.1. The minimum atomic E-state index is -3.39. The van der Waals surface area contributed by atoms with Crippen LogP contribution in [0.3, 0.4) is 0 Å². The molecule has 1 amide bonds. The van der Waals surface area contributed by atoms with Crippen LogP contribution in [-0.2, 0) is 9.84 Å². The number of sulfone groups is 1. The van der Waals surface area contributed by atoms with Crippen LogP contribution >= 0.6 is 0 Å². The van der Waals surface area contributed by atoms with Crippen molar-refractivity contribution >= 4 is 15.7 Å². The quantitative estimate of drug-likeness (QED) is 0.900. The molecule has 0 radical (unpaired) electrons. The van der Waals surface area contributed by atoms with Crippen LogP contribution < -0.4 is 5.32 Å². The molecule has 2 rings (SSSR count). The molecule has 1 aliphatic rings. The SMILES string of the molecule is CCS(=O)(=O)c1ccccc1C(=O)N1CCNC(C)C1. The van der Waals surface area contributed by atoms with Gasteiger partial charge in [0, 0.05) is 25.7 Å². The average Bonchev–Trinajstić information content (AvgIpc) is 2.46. The lowest BCUT2D eigenvalue weighted by molar-refractivity contribution is 0.0705. The van der Waals surface area contributed by atoms with E-state index in [0.29, 0.717) is 13.1 Å². The number of hydrogen-bond acceptors (Lipinski definition) is 4. The van der Waals surface area contributed by atoms with Crippen molar-refractivity contribution in [1.29, 1.82) is 0 Å². The highest BCUT2D eigenvalue weighted by Gasteiger charge is 2.26. The van der Waals surface area contributed by atoms with Crippen molar-refractivity contribution < 1.29 is 13.2 Å². The molecule has 1 aromatic rings. The largest absolute Gasteiger partial charge is 0.336 e. The molecule has 6 heteroatoms. The molecule has 0 bridgehead atoms. The smallest absolute Gasteiger partial charge is 0.255 e. The Morgan fingerprint density at radius 1 is 1.40 bits per heavy atom. The Kier molecular flexibility index (Phi) is 4.45. The van der Waals surface area contributed by atoms with E-state index in [1.165, 1.54) is 6.07 Å². The summed E-state index contributed by atoms with van der Waals surface area (Å²) in [4.78, 5) is 14.4. The number of rotatable bonds is 3. The summed E-state index contributed by atoms with van der Waals surface area (Å²) in [6.07, 6.45) is 0. The van der Waals surface area contributed by atoms with E-state index in [9.17, 15) is 13.2 Å². The first-order chi connectivity index (χ1) is 9.45. The van der Waals surface area contributed by atoms with Crippen LogP contribution in [0.1, 0.15) is 24.2 Å². The molecule has 0 saturated carbocycles. The number of carbonyl (C=O) groups is 1. The molecule has 1 N–H and O–H groups in total. The predicted octanol–water partition coefficient (Wildman–Crippen LogP) is 0.914. The number of benzene rings is 1. The highest BCUT2D eigenvalue weighted by molar-refractivity contribution is 7.91. The highest BCUT2D eigenvalue weighted by atomic mass is 32.2. The summed E-state index contributed by atoms with van der Waals surface area (Å²) >= 11 is 0. The number of piperazine rings is 1. The van der Waals surface area contributed by atoms with Gasteiger partial charge >= 0.3 is 0 Å². The second-order valence-electron chi connectivity index (χ2n) is 5.01. The Labute approximate surface area is 119 Å². The van der Waals surface area contributed by atoms with Gasteiger partial charge in [-0.05, 0) is 19.1 Å². The summed E-state index contributed by atoms with van der Waals surface area (Å²) in [7, 11) is -3.39. The van der Waals surface area contributed by atoms with Gasteiger partial charge in [-0.1, -0.05) is 19.1 Å². The van der Waals surface area contributed by atoms with Gasteiger partial charge in [0.15, 0.2) is 9.84 Å². The molecular formula is C14H20N2O3S. The molecule has 1 atom stereocenters.